The van der Waals surface area contributed by atoms with E-state index in [0.29, 0.717) is 21.1 Å². The maximum Gasteiger partial charge on any atom is 0.420 e. The lowest BCUT2D eigenvalue weighted by atomic mass is 10.2. The zero-order valence-corrected chi connectivity index (χ0v) is 12.6. The highest BCUT2D eigenvalue weighted by atomic mass is 35.5. The molecule has 1 N–H and O–H groups in total. The normalized spacial score (nSPS) is 11.0. The molecule has 0 spiro atoms. The van der Waals surface area contributed by atoms with Crippen LogP contribution in [-0.2, 0) is 6.54 Å². The summed E-state index contributed by atoms with van der Waals surface area (Å²) < 4.78 is 6.46. The quantitative estimate of drug-likeness (QED) is 0.791. The van der Waals surface area contributed by atoms with Crippen molar-refractivity contribution in [1.82, 2.24) is 4.57 Å². The van der Waals surface area contributed by atoms with Crippen LogP contribution in [-0.4, -0.2) is 15.6 Å². The van der Waals surface area contributed by atoms with Gasteiger partial charge in [0.25, 0.3) is 0 Å². The molecule has 0 atom stereocenters. The molecule has 5 nitrogen and oxygen atoms in total. The first-order valence-electron chi connectivity index (χ1n) is 6.26. The van der Waals surface area contributed by atoms with Gasteiger partial charge in [-0.2, -0.15) is 0 Å². The van der Waals surface area contributed by atoms with Crippen molar-refractivity contribution in [3.8, 4) is 0 Å². The highest BCUT2D eigenvalue weighted by molar-refractivity contribution is 6.42. The molecular weight excluding hydrogens is 329 g/mol. The van der Waals surface area contributed by atoms with Gasteiger partial charge in [0.15, 0.2) is 5.58 Å². The highest BCUT2D eigenvalue weighted by Gasteiger charge is 2.13. The van der Waals surface area contributed by atoms with E-state index in [4.69, 9.17) is 32.7 Å². The molecule has 0 saturated carbocycles. The van der Waals surface area contributed by atoms with Gasteiger partial charge in [0.05, 0.1) is 27.7 Å². The second-order valence-corrected chi connectivity index (χ2v) is 5.50. The molecule has 0 aliphatic carbocycles. The molecule has 2 aromatic carbocycles. The minimum absolute atomic E-state index is 0.0798. The number of carboxylic acids is 1. The van der Waals surface area contributed by atoms with Crippen molar-refractivity contribution in [3.63, 3.8) is 0 Å². The lowest BCUT2D eigenvalue weighted by molar-refractivity contribution is 0.0697. The Balaban J connectivity index is 2.11. The lowest BCUT2D eigenvalue weighted by Crippen LogP contribution is -2.15. The van der Waals surface area contributed by atoms with E-state index in [1.807, 2.05) is 0 Å². The van der Waals surface area contributed by atoms with Crippen LogP contribution in [0.25, 0.3) is 11.1 Å². The summed E-state index contributed by atoms with van der Waals surface area (Å²) in [5.41, 5.74) is 1.57. The number of oxazole rings is 1. The van der Waals surface area contributed by atoms with Crippen LogP contribution in [0.1, 0.15) is 15.9 Å². The van der Waals surface area contributed by atoms with Crippen LogP contribution in [0.15, 0.2) is 45.6 Å². The van der Waals surface area contributed by atoms with Gasteiger partial charge in [0, 0.05) is 0 Å². The SMILES string of the molecule is O=C(O)c1ccc2oc(=O)n(Cc3ccc(Cl)c(Cl)c3)c2c1. The standard InChI is InChI=1S/C15H9Cl2NO4/c16-10-3-1-8(5-11(10)17)7-18-12-6-9(14(19)20)2-4-13(12)22-15(18)21/h1-6H,7H2,(H,19,20). The minimum atomic E-state index is -1.07. The topological polar surface area (TPSA) is 72.4 Å². The van der Waals surface area contributed by atoms with E-state index in [1.54, 1.807) is 18.2 Å². The number of fused-ring (bicyclic) bond motifs is 1. The summed E-state index contributed by atoms with van der Waals surface area (Å²) in [6.45, 7) is 0.200. The number of benzene rings is 2. The molecule has 3 rings (SSSR count). The molecule has 0 aliphatic rings. The Morgan fingerprint density at radius 1 is 1.14 bits per heavy atom. The Bertz CT molecular complexity index is 942. The molecule has 0 unspecified atom stereocenters. The number of rotatable bonds is 3. The third kappa shape index (κ3) is 2.61. The molecule has 0 aliphatic heterocycles. The lowest BCUT2D eigenvalue weighted by Gasteiger charge is -2.05. The summed E-state index contributed by atoms with van der Waals surface area (Å²) in [4.78, 5) is 23.0. The Labute approximate surface area is 134 Å². The number of hydrogen-bond donors (Lipinski definition) is 1. The van der Waals surface area contributed by atoms with Crippen molar-refractivity contribution >= 4 is 40.3 Å². The molecule has 112 valence electrons. The zero-order valence-electron chi connectivity index (χ0n) is 11.0. The first-order chi connectivity index (χ1) is 10.5. The number of aromatic nitrogens is 1. The van der Waals surface area contributed by atoms with Gasteiger partial charge in [-0.05, 0) is 35.9 Å². The largest absolute Gasteiger partial charge is 0.478 e. The third-order valence-electron chi connectivity index (χ3n) is 3.24. The van der Waals surface area contributed by atoms with Crippen LogP contribution in [0.2, 0.25) is 10.0 Å². The van der Waals surface area contributed by atoms with E-state index >= 15 is 0 Å². The average Bonchev–Trinajstić information content (AvgIpc) is 2.78. The molecule has 1 aromatic heterocycles. The molecule has 0 bridgehead atoms. The van der Waals surface area contributed by atoms with Gasteiger partial charge in [0.2, 0.25) is 0 Å². The van der Waals surface area contributed by atoms with Gasteiger partial charge in [-0.15, -0.1) is 0 Å². The Kier molecular flexibility index (Phi) is 3.68. The summed E-state index contributed by atoms with van der Waals surface area (Å²) in [6, 6.07) is 9.27. The predicted molar refractivity (Wildman–Crippen MR) is 83.0 cm³/mol. The monoisotopic (exact) mass is 337 g/mol. The van der Waals surface area contributed by atoms with Gasteiger partial charge in [0.1, 0.15) is 0 Å². The van der Waals surface area contributed by atoms with Gasteiger partial charge >= 0.3 is 11.7 Å². The summed E-state index contributed by atoms with van der Waals surface area (Å²) in [5, 5.41) is 9.85. The fourth-order valence-electron chi connectivity index (χ4n) is 2.17. The van der Waals surface area contributed by atoms with E-state index in [1.165, 1.54) is 22.8 Å². The van der Waals surface area contributed by atoms with Crippen molar-refractivity contribution in [1.29, 1.82) is 0 Å². The average molecular weight is 338 g/mol. The van der Waals surface area contributed by atoms with Crippen molar-refractivity contribution in [2.75, 3.05) is 0 Å². The maximum atomic E-state index is 12.0. The Morgan fingerprint density at radius 3 is 2.59 bits per heavy atom. The van der Waals surface area contributed by atoms with Crippen molar-refractivity contribution in [2.24, 2.45) is 0 Å². The minimum Gasteiger partial charge on any atom is -0.478 e. The Morgan fingerprint density at radius 2 is 1.91 bits per heavy atom. The number of aromatic carboxylic acids is 1. The van der Waals surface area contributed by atoms with E-state index in [9.17, 15) is 9.59 Å². The van der Waals surface area contributed by atoms with Crippen LogP contribution in [0.4, 0.5) is 0 Å². The smallest absolute Gasteiger partial charge is 0.420 e. The fraction of sp³-hybridized carbons (Fsp3) is 0.0667. The maximum absolute atomic E-state index is 12.0. The van der Waals surface area contributed by atoms with Gasteiger partial charge in [-0.1, -0.05) is 29.3 Å². The highest BCUT2D eigenvalue weighted by Crippen LogP contribution is 2.24. The summed E-state index contributed by atoms with van der Waals surface area (Å²) >= 11 is 11.8. The van der Waals surface area contributed by atoms with Crippen LogP contribution in [0.3, 0.4) is 0 Å². The number of hydrogen-bond acceptors (Lipinski definition) is 3. The first-order valence-corrected chi connectivity index (χ1v) is 7.02. The molecule has 3 aromatic rings. The van der Waals surface area contributed by atoms with Crippen molar-refractivity contribution < 1.29 is 14.3 Å². The second-order valence-electron chi connectivity index (χ2n) is 4.69. The predicted octanol–water partition coefficient (Wildman–Crippen LogP) is 3.65. The van der Waals surface area contributed by atoms with E-state index in [0.717, 1.165) is 5.56 Å². The molecular formula is C15H9Cl2NO4. The summed E-state index contributed by atoms with van der Waals surface area (Å²) in [5.74, 6) is -1.64. The van der Waals surface area contributed by atoms with Crippen LogP contribution in [0, 0.1) is 0 Å². The summed E-state index contributed by atoms with van der Waals surface area (Å²) in [6.07, 6.45) is 0. The summed E-state index contributed by atoms with van der Waals surface area (Å²) in [7, 11) is 0. The van der Waals surface area contributed by atoms with Gasteiger partial charge in [-0.3, -0.25) is 4.57 Å². The van der Waals surface area contributed by atoms with Gasteiger partial charge in [-0.25, -0.2) is 9.59 Å². The fourth-order valence-corrected chi connectivity index (χ4v) is 2.49. The zero-order chi connectivity index (χ0) is 15.9. The molecule has 1 heterocycles. The third-order valence-corrected chi connectivity index (χ3v) is 3.98. The van der Waals surface area contributed by atoms with Crippen LogP contribution < -0.4 is 5.76 Å². The van der Waals surface area contributed by atoms with E-state index in [2.05, 4.69) is 0 Å². The Hall–Kier alpha value is -2.24. The van der Waals surface area contributed by atoms with E-state index in [-0.39, 0.29) is 12.1 Å². The van der Waals surface area contributed by atoms with E-state index < -0.39 is 11.7 Å². The van der Waals surface area contributed by atoms with Crippen molar-refractivity contribution in [2.45, 2.75) is 6.54 Å². The number of halogens is 2. The van der Waals surface area contributed by atoms with Gasteiger partial charge < -0.3 is 9.52 Å². The number of carbonyl (C=O) groups is 1. The number of carboxylic acid groups (broad SMARTS) is 1. The number of nitrogens with zero attached hydrogens (tertiary/aromatic N) is 1. The van der Waals surface area contributed by atoms with Crippen LogP contribution in [0.5, 0.6) is 0 Å². The molecule has 0 fully saturated rings. The van der Waals surface area contributed by atoms with Crippen molar-refractivity contribution in [3.05, 3.63) is 68.1 Å². The molecule has 22 heavy (non-hydrogen) atoms. The first kappa shape index (κ1) is 14.7. The van der Waals surface area contributed by atoms with Crippen LogP contribution >= 0.6 is 23.2 Å². The molecule has 0 amide bonds. The molecule has 0 radical (unpaired) electrons. The molecule has 0 saturated heterocycles. The second kappa shape index (κ2) is 5.51. The molecule has 7 heteroatoms.